The summed E-state index contributed by atoms with van der Waals surface area (Å²) in [4.78, 5) is 38.8. The van der Waals surface area contributed by atoms with Crippen LogP contribution in [-0.4, -0.2) is 69.0 Å². The Morgan fingerprint density at radius 3 is 2.38 bits per heavy atom. The van der Waals surface area contributed by atoms with Crippen molar-refractivity contribution in [2.24, 2.45) is 0 Å². The number of aromatic nitrogens is 4. The van der Waals surface area contributed by atoms with Crippen molar-refractivity contribution in [3.8, 4) is 28.4 Å². The maximum absolute atomic E-state index is 13.3. The molecule has 3 heterocycles. The van der Waals surface area contributed by atoms with Gasteiger partial charge in [0, 0.05) is 43.9 Å². The number of benzene rings is 2. The number of piperazine rings is 1. The Kier molecular flexibility index (Phi) is 6.55. The predicted molar refractivity (Wildman–Crippen MR) is 138 cm³/mol. The minimum Gasteiger partial charge on any atom is -0.505 e. The maximum Gasteiger partial charge on any atom is 0.278 e. The molecule has 0 atom stereocenters. The number of rotatable bonds is 5. The molecule has 0 unspecified atom stereocenters. The van der Waals surface area contributed by atoms with Gasteiger partial charge in [0.1, 0.15) is 23.1 Å². The molecule has 1 saturated heterocycles. The molecule has 0 saturated carbocycles. The number of aryl methyl sites for hydroxylation is 1. The summed E-state index contributed by atoms with van der Waals surface area (Å²) in [6.45, 7) is 3.75. The Hall–Kier alpha value is -4.73. The minimum absolute atomic E-state index is 0.191. The summed E-state index contributed by atoms with van der Waals surface area (Å²) >= 11 is 0. The van der Waals surface area contributed by atoms with Crippen LogP contribution in [0.4, 0.5) is 5.82 Å². The molecule has 1 fully saturated rings. The first-order chi connectivity index (χ1) is 17.9. The minimum atomic E-state index is -0.572. The number of aromatic hydroxyl groups is 1. The Bertz CT molecular complexity index is 1500. The molecule has 1 aliphatic heterocycles. The van der Waals surface area contributed by atoms with Gasteiger partial charge in [0.2, 0.25) is 0 Å². The van der Waals surface area contributed by atoms with Crippen molar-refractivity contribution in [2.75, 3.05) is 38.2 Å². The largest absolute Gasteiger partial charge is 0.505 e. The standard InChI is InChI=1S/C27H26N6O4/c1-18-28-20(19-8-4-3-5-9-19)16-24(29-18)31-12-14-32(15-13-31)27(36)26-22(34)17-25(35)33(30-26)21-10-6-7-11-23(21)37-2/h3-11,16-17,34H,12-15H2,1-2H3. The van der Waals surface area contributed by atoms with Crippen LogP contribution in [0.25, 0.3) is 16.9 Å². The van der Waals surface area contributed by atoms with E-state index in [0.29, 0.717) is 43.4 Å². The second-order valence-electron chi connectivity index (χ2n) is 8.60. The number of ether oxygens (including phenoxy) is 1. The first-order valence-electron chi connectivity index (χ1n) is 11.9. The van der Waals surface area contributed by atoms with E-state index in [0.717, 1.165) is 27.8 Å². The van der Waals surface area contributed by atoms with Crippen LogP contribution < -0.4 is 15.2 Å². The third kappa shape index (κ3) is 4.86. The summed E-state index contributed by atoms with van der Waals surface area (Å²) in [5.74, 6) is 0.976. The van der Waals surface area contributed by atoms with Crippen LogP contribution in [0, 0.1) is 6.92 Å². The van der Waals surface area contributed by atoms with Gasteiger partial charge in [-0.15, -0.1) is 0 Å². The molecule has 0 bridgehead atoms. The van der Waals surface area contributed by atoms with E-state index in [-0.39, 0.29) is 5.69 Å². The summed E-state index contributed by atoms with van der Waals surface area (Å²) < 4.78 is 6.39. The quantitative estimate of drug-likeness (QED) is 0.447. The Morgan fingerprint density at radius 2 is 1.65 bits per heavy atom. The van der Waals surface area contributed by atoms with Crippen molar-refractivity contribution >= 4 is 11.7 Å². The number of hydrogen-bond acceptors (Lipinski definition) is 8. The van der Waals surface area contributed by atoms with Crippen molar-refractivity contribution in [3.05, 3.63) is 88.6 Å². The summed E-state index contributed by atoms with van der Waals surface area (Å²) in [7, 11) is 1.48. The van der Waals surface area contributed by atoms with Gasteiger partial charge in [0.25, 0.3) is 11.5 Å². The van der Waals surface area contributed by atoms with Crippen molar-refractivity contribution in [2.45, 2.75) is 6.92 Å². The Morgan fingerprint density at radius 1 is 0.946 bits per heavy atom. The monoisotopic (exact) mass is 498 g/mol. The van der Waals surface area contributed by atoms with Crippen LogP contribution in [0.1, 0.15) is 16.3 Å². The van der Waals surface area contributed by atoms with E-state index in [4.69, 9.17) is 4.74 Å². The lowest BCUT2D eigenvalue weighted by Gasteiger charge is -2.35. The van der Waals surface area contributed by atoms with Gasteiger partial charge in [-0.25, -0.2) is 9.97 Å². The fourth-order valence-electron chi connectivity index (χ4n) is 4.34. The molecule has 5 rings (SSSR count). The topological polar surface area (TPSA) is 114 Å². The number of carbonyl (C=O) groups is 1. The van der Waals surface area contributed by atoms with Crippen LogP contribution in [0.3, 0.4) is 0 Å². The van der Waals surface area contributed by atoms with Crippen LogP contribution >= 0.6 is 0 Å². The lowest BCUT2D eigenvalue weighted by Crippen LogP contribution is -2.49. The fraction of sp³-hybridized carbons (Fsp3) is 0.222. The molecule has 1 amide bonds. The fourth-order valence-corrected chi connectivity index (χ4v) is 4.34. The number of methoxy groups -OCH3 is 1. The van der Waals surface area contributed by atoms with E-state index >= 15 is 0 Å². The van der Waals surface area contributed by atoms with Crippen LogP contribution in [0.15, 0.2) is 71.5 Å². The number of nitrogens with zero attached hydrogens (tertiary/aromatic N) is 6. The maximum atomic E-state index is 13.3. The van der Waals surface area contributed by atoms with Crippen molar-refractivity contribution in [1.29, 1.82) is 0 Å². The first-order valence-corrected chi connectivity index (χ1v) is 11.9. The van der Waals surface area contributed by atoms with Gasteiger partial charge in [-0.3, -0.25) is 9.59 Å². The second kappa shape index (κ2) is 10.1. The zero-order valence-corrected chi connectivity index (χ0v) is 20.5. The SMILES string of the molecule is COc1ccccc1-n1nc(C(=O)N2CCN(c3cc(-c4ccccc4)nc(C)n3)CC2)c(O)cc1=O. The molecule has 2 aromatic carbocycles. The number of amides is 1. The van der Waals surface area contributed by atoms with E-state index in [1.165, 1.54) is 7.11 Å². The van der Waals surface area contributed by atoms with E-state index in [9.17, 15) is 14.7 Å². The number of carbonyl (C=O) groups excluding carboxylic acids is 1. The summed E-state index contributed by atoms with van der Waals surface area (Å²) in [5, 5.41) is 14.6. The van der Waals surface area contributed by atoms with E-state index in [2.05, 4.69) is 20.0 Å². The number of hydrogen-bond donors (Lipinski definition) is 1. The average Bonchev–Trinajstić information content (AvgIpc) is 2.93. The molecule has 1 aliphatic rings. The molecule has 1 N–H and O–H groups in total. The lowest BCUT2D eigenvalue weighted by molar-refractivity contribution is 0.0735. The lowest BCUT2D eigenvalue weighted by atomic mass is 10.1. The molecule has 4 aromatic rings. The normalized spacial score (nSPS) is 13.5. The third-order valence-corrected chi connectivity index (χ3v) is 6.21. The van der Waals surface area contributed by atoms with Crippen LogP contribution in [-0.2, 0) is 0 Å². The third-order valence-electron chi connectivity index (χ3n) is 6.21. The van der Waals surface area contributed by atoms with E-state index in [1.54, 1.807) is 29.2 Å². The Labute approximate surface area is 213 Å². The second-order valence-corrected chi connectivity index (χ2v) is 8.60. The van der Waals surface area contributed by atoms with E-state index < -0.39 is 17.2 Å². The smallest absolute Gasteiger partial charge is 0.278 e. The highest BCUT2D eigenvalue weighted by atomic mass is 16.5. The molecule has 0 radical (unpaired) electrons. The average molecular weight is 499 g/mol. The zero-order valence-electron chi connectivity index (χ0n) is 20.5. The van der Waals surface area contributed by atoms with E-state index in [1.807, 2.05) is 43.3 Å². The summed E-state index contributed by atoms with van der Waals surface area (Å²) in [6, 6.07) is 19.7. The van der Waals surface area contributed by atoms with Crippen LogP contribution in [0.5, 0.6) is 11.5 Å². The highest BCUT2D eigenvalue weighted by Crippen LogP contribution is 2.24. The highest BCUT2D eigenvalue weighted by molar-refractivity contribution is 5.94. The van der Waals surface area contributed by atoms with Gasteiger partial charge >= 0.3 is 0 Å². The number of para-hydroxylation sites is 2. The van der Waals surface area contributed by atoms with Gasteiger partial charge in [0.05, 0.1) is 12.8 Å². The van der Waals surface area contributed by atoms with Crippen molar-refractivity contribution in [1.82, 2.24) is 24.6 Å². The summed E-state index contributed by atoms with van der Waals surface area (Å²) in [6.07, 6.45) is 0. The van der Waals surface area contributed by atoms with Crippen molar-refractivity contribution < 1.29 is 14.6 Å². The summed E-state index contributed by atoms with van der Waals surface area (Å²) in [5.41, 5.74) is 1.46. The van der Waals surface area contributed by atoms with Gasteiger partial charge < -0.3 is 19.6 Å². The molecule has 10 nitrogen and oxygen atoms in total. The first kappa shape index (κ1) is 24.0. The van der Waals surface area contributed by atoms with Gasteiger partial charge in [-0.1, -0.05) is 42.5 Å². The van der Waals surface area contributed by atoms with Gasteiger partial charge in [-0.2, -0.15) is 9.78 Å². The predicted octanol–water partition coefficient (Wildman–Crippen LogP) is 2.67. The molecular weight excluding hydrogens is 472 g/mol. The molecule has 37 heavy (non-hydrogen) atoms. The molecule has 188 valence electrons. The molecule has 0 spiro atoms. The Balaban J connectivity index is 1.36. The van der Waals surface area contributed by atoms with Crippen molar-refractivity contribution in [3.63, 3.8) is 0 Å². The molecule has 0 aliphatic carbocycles. The molecular formula is C27H26N6O4. The zero-order chi connectivity index (χ0) is 25.9. The highest BCUT2D eigenvalue weighted by Gasteiger charge is 2.27. The number of anilines is 1. The van der Waals surface area contributed by atoms with Crippen LogP contribution in [0.2, 0.25) is 0 Å². The molecule has 10 heteroatoms. The molecule has 2 aromatic heterocycles. The van der Waals surface area contributed by atoms with Gasteiger partial charge in [-0.05, 0) is 19.1 Å². The van der Waals surface area contributed by atoms with Gasteiger partial charge in [0.15, 0.2) is 11.4 Å².